The molecule has 0 spiro atoms. The van der Waals surface area contributed by atoms with Gasteiger partial charge in [0, 0.05) is 6.42 Å². The quantitative estimate of drug-likeness (QED) is 0.0204. The normalized spacial score (nSPS) is 23.5. The molecule has 12 unspecified atom stereocenters. The molecule has 0 radical (unpaired) electrons. The van der Waals surface area contributed by atoms with Crippen LogP contribution in [0.2, 0.25) is 0 Å². The molecule has 2 heterocycles. The molecule has 2 aliphatic rings. The zero-order valence-corrected chi connectivity index (χ0v) is 56.0. The Morgan fingerprint density at radius 3 is 1.19 bits per heavy atom. The van der Waals surface area contributed by atoms with Crippen LogP contribution >= 0.6 is 0 Å². The van der Waals surface area contributed by atoms with Crippen LogP contribution in [-0.4, -0.2) is 140 Å². The van der Waals surface area contributed by atoms with Crippen LogP contribution in [0.4, 0.5) is 0 Å². The predicted molar refractivity (Wildman–Crippen MR) is 360 cm³/mol. The maximum atomic E-state index is 13.3. The van der Waals surface area contributed by atoms with Crippen molar-refractivity contribution < 1.29 is 64.6 Å². The van der Waals surface area contributed by atoms with Gasteiger partial charge in [-0.2, -0.15) is 0 Å². The topological polar surface area (TPSA) is 228 Å². The second kappa shape index (κ2) is 58.5. The number of hydrogen-bond acceptors (Lipinski definition) is 13. The summed E-state index contributed by atoms with van der Waals surface area (Å²) in [6, 6.07) is -0.940. The van der Waals surface area contributed by atoms with Gasteiger partial charge in [-0.25, -0.2) is 0 Å². The van der Waals surface area contributed by atoms with Crippen molar-refractivity contribution in [2.24, 2.45) is 0 Å². The first-order valence-electron chi connectivity index (χ1n) is 36.5. The van der Waals surface area contributed by atoms with E-state index in [4.69, 9.17) is 18.9 Å². The lowest BCUT2D eigenvalue weighted by molar-refractivity contribution is -0.359. The lowest BCUT2D eigenvalue weighted by Crippen LogP contribution is -2.65. The minimum atomic E-state index is -1.79. The summed E-state index contributed by atoms with van der Waals surface area (Å²) >= 11 is 0. The van der Waals surface area contributed by atoms with Gasteiger partial charge in [-0.3, -0.25) is 4.79 Å². The summed E-state index contributed by atoms with van der Waals surface area (Å²) in [5, 5.41) is 87.5. The van der Waals surface area contributed by atoms with Crippen molar-refractivity contribution in [2.45, 2.75) is 383 Å². The highest BCUT2D eigenvalue weighted by atomic mass is 16.7. The lowest BCUT2D eigenvalue weighted by atomic mass is 9.97. The van der Waals surface area contributed by atoms with Crippen molar-refractivity contribution in [3.05, 3.63) is 60.8 Å². The van der Waals surface area contributed by atoms with E-state index < -0.39 is 86.8 Å². The molecule has 514 valence electrons. The van der Waals surface area contributed by atoms with E-state index in [0.717, 1.165) is 51.4 Å². The van der Waals surface area contributed by atoms with Gasteiger partial charge in [-0.1, -0.05) is 293 Å². The molecular weight excluding hydrogens is 1110 g/mol. The summed E-state index contributed by atoms with van der Waals surface area (Å²) in [5.41, 5.74) is 0. The largest absolute Gasteiger partial charge is 0.394 e. The van der Waals surface area contributed by atoms with E-state index in [1.807, 2.05) is 6.08 Å². The van der Waals surface area contributed by atoms with Gasteiger partial charge in [0.25, 0.3) is 0 Å². The Bertz CT molecular complexity index is 1710. The fourth-order valence-corrected chi connectivity index (χ4v) is 11.8. The molecule has 0 aromatic heterocycles. The number of aliphatic hydroxyl groups excluding tert-OH is 8. The summed E-state index contributed by atoms with van der Waals surface area (Å²) in [7, 11) is 0. The second-order valence-corrected chi connectivity index (χ2v) is 25.7. The van der Waals surface area contributed by atoms with E-state index in [0.29, 0.717) is 12.8 Å². The van der Waals surface area contributed by atoms with E-state index >= 15 is 0 Å². The SMILES string of the molecule is CCCCCCC/C=C\C/C=C\C/C=C\CCCCCCCCCCC(=O)NC(COC1OC(CO)C(OC2OC(CO)C(O)C(O)C2O)C(O)C1O)C(O)/C=C/CC/C=C/CCCCCCCCCCCCCCCCCCCCCCCCCCC. The third-order valence-corrected chi connectivity index (χ3v) is 17.7. The molecule has 12 atom stereocenters. The molecule has 0 aromatic rings. The first-order chi connectivity index (χ1) is 43.1. The van der Waals surface area contributed by atoms with Crippen molar-refractivity contribution in [1.82, 2.24) is 5.32 Å². The zero-order valence-electron chi connectivity index (χ0n) is 56.0. The summed E-state index contributed by atoms with van der Waals surface area (Å²) < 4.78 is 22.8. The van der Waals surface area contributed by atoms with Crippen LogP contribution in [0.25, 0.3) is 0 Å². The number of unbranched alkanes of at least 4 members (excludes halogenated alkanes) is 39. The molecule has 14 nitrogen and oxygen atoms in total. The Hall–Kier alpha value is -2.31. The van der Waals surface area contributed by atoms with Gasteiger partial charge in [0.05, 0.1) is 32.0 Å². The van der Waals surface area contributed by atoms with Crippen LogP contribution in [0.1, 0.15) is 309 Å². The van der Waals surface area contributed by atoms with Gasteiger partial charge >= 0.3 is 0 Å². The predicted octanol–water partition coefficient (Wildman–Crippen LogP) is 15.2. The van der Waals surface area contributed by atoms with Crippen molar-refractivity contribution >= 4 is 5.91 Å². The van der Waals surface area contributed by atoms with E-state index in [1.165, 1.54) is 225 Å². The second-order valence-electron chi connectivity index (χ2n) is 25.7. The maximum Gasteiger partial charge on any atom is 0.220 e. The first-order valence-corrected chi connectivity index (χ1v) is 36.5. The third-order valence-electron chi connectivity index (χ3n) is 17.7. The van der Waals surface area contributed by atoms with Crippen LogP contribution in [0.5, 0.6) is 0 Å². The van der Waals surface area contributed by atoms with Crippen molar-refractivity contribution in [3.63, 3.8) is 0 Å². The summed E-state index contributed by atoms with van der Waals surface area (Å²) in [5.74, 6) is -0.255. The summed E-state index contributed by atoms with van der Waals surface area (Å²) in [6.45, 7) is 2.80. The first kappa shape index (κ1) is 81.8. The number of rotatable bonds is 60. The number of allylic oxidation sites excluding steroid dienone is 9. The Balaban J connectivity index is 1.68. The smallest absolute Gasteiger partial charge is 0.220 e. The molecule has 0 bridgehead atoms. The molecule has 0 aliphatic carbocycles. The Kier molecular flexibility index (Phi) is 54.4. The van der Waals surface area contributed by atoms with Gasteiger partial charge in [0.15, 0.2) is 12.6 Å². The Morgan fingerprint density at radius 1 is 0.409 bits per heavy atom. The third kappa shape index (κ3) is 42.0. The average Bonchev–Trinajstić information content (AvgIpc) is 1.78. The molecule has 14 heteroatoms. The van der Waals surface area contributed by atoms with Crippen LogP contribution in [0, 0.1) is 0 Å². The van der Waals surface area contributed by atoms with Crippen molar-refractivity contribution in [1.29, 1.82) is 0 Å². The van der Waals surface area contributed by atoms with Crippen LogP contribution < -0.4 is 5.32 Å². The maximum absolute atomic E-state index is 13.3. The fraction of sp³-hybridized carbons (Fsp3) is 0.851. The molecule has 0 aromatic carbocycles. The number of carbonyl (C=O) groups excluding carboxylic acids is 1. The van der Waals surface area contributed by atoms with E-state index in [1.54, 1.807) is 6.08 Å². The van der Waals surface area contributed by atoms with E-state index in [9.17, 15) is 45.6 Å². The zero-order chi connectivity index (χ0) is 63.8. The number of carbonyl (C=O) groups is 1. The van der Waals surface area contributed by atoms with Crippen LogP contribution in [-0.2, 0) is 23.7 Å². The lowest BCUT2D eigenvalue weighted by Gasteiger charge is -2.46. The van der Waals surface area contributed by atoms with Gasteiger partial charge < -0.3 is 65.1 Å². The minimum absolute atomic E-state index is 0.255. The van der Waals surface area contributed by atoms with Gasteiger partial charge in [0.2, 0.25) is 5.91 Å². The Morgan fingerprint density at radius 2 is 0.761 bits per heavy atom. The van der Waals surface area contributed by atoms with Crippen LogP contribution in [0.3, 0.4) is 0 Å². The standard InChI is InChI=1S/C74H135NO13/c1-3-5-7-9-11-13-15-17-19-21-23-25-27-28-29-30-31-32-33-34-36-37-39-41-43-45-47-49-51-53-55-57-63(78)62(61-85-73-71(84)69(82)72(65(60-77)87-73)88-74-70(83)68(81)67(80)64(59-76)86-74)75-66(79)58-56-54-52-50-48-46-44-42-40-38-35-26-24-22-20-18-16-14-12-10-8-6-4-2/h16,18,22,24,35,38,47,49,55,57,62-65,67-74,76-78,80-84H,3-15,17,19-21,23,25-34,36-37,39-46,48,50-54,56,58-61H2,1-2H3,(H,75,79)/b18-16-,24-22-,38-35-,49-47+,57-55+. The highest BCUT2D eigenvalue weighted by Crippen LogP contribution is 2.30. The molecule has 2 fully saturated rings. The Labute approximate surface area is 536 Å². The van der Waals surface area contributed by atoms with E-state index in [-0.39, 0.29) is 18.9 Å². The molecule has 1 amide bonds. The van der Waals surface area contributed by atoms with Crippen LogP contribution in [0.15, 0.2) is 60.8 Å². The van der Waals surface area contributed by atoms with Gasteiger partial charge in [0.1, 0.15) is 48.8 Å². The molecule has 9 N–H and O–H groups in total. The monoisotopic (exact) mass is 1250 g/mol. The highest BCUT2D eigenvalue weighted by Gasteiger charge is 2.51. The molecule has 2 saturated heterocycles. The number of amides is 1. The average molecular weight is 1250 g/mol. The van der Waals surface area contributed by atoms with Gasteiger partial charge in [-0.05, 0) is 70.6 Å². The molecule has 0 saturated carbocycles. The molecular formula is C74H135NO13. The molecule has 2 rings (SSSR count). The number of ether oxygens (including phenoxy) is 4. The van der Waals surface area contributed by atoms with Crippen molar-refractivity contribution in [3.8, 4) is 0 Å². The summed E-state index contributed by atoms with van der Waals surface area (Å²) in [6.07, 6.45) is 61.4. The van der Waals surface area contributed by atoms with Crippen molar-refractivity contribution in [2.75, 3.05) is 19.8 Å². The molecule has 2 aliphatic heterocycles. The highest BCUT2D eigenvalue weighted by molar-refractivity contribution is 5.76. The number of aliphatic hydroxyl groups is 8. The number of nitrogens with one attached hydrogen (secondary N) is 1. The summed E-state index contributed by atoms with van der Waals surface area (Å²) in [4.78, 5) is 13.3. The fourth-order valence-electron chi connectivity index (χ4n) is 11.8. The van der Waals surface area contributed by atoms with Gasteiger partial charge in [-0.15, -0.1) is 0 Å². The molecule has 88 heavy (non-hydrogen) atoms. The van der Waals surface area contributed by atoms with E-state index in [2.05, 4.69) is 67.8 Å². The minimum Gasteiger partial charge on any atom is -0.394 e. The number of hydrogen-bond donors (Lipinski definition) is 9.